The minimum atomic E-state index is -0.273. The van der Waals surface area contributed by atoms with E-state index in [0.29, 0.717) is 12.2 Å². The molecule has 3 aromatic rings. The van der Waals surface area contributed by atoms with Gasteiger partial charge in [-0.2, -0.15) is 5.10 Å². The van der Waals surface area contributed by atoms with Crippen LogP contribution < -0.4 is 10.2 Å². The number of hydrogen-bond acceptors (Lipinski definition) is 3. The van der Waals surface area contributed by atoms with Crippen molar-refractivity contribution in [2.24, 2.45) is 5.10 Å². The van der Waals surface area contributed by atoms with Crippen LogP contribution in [0.5, 0.6) is 5.75 Å². The number of nitrogens with zero attached hydrogens (tertiary/aromatic N) is 1. The molecule has 0 fully saturated rings. The second kappa shape index (κ2) is 8.97. The highest BCUT2D eigenvalue weighted by atomic mass is 79.9. The van der Waals surface area contributed by atoms with E-state index in [1.807, 2.05) is 66.7 Å². The quantitative estimate of drug-likeness (QED) is 0.470. The average Bonchev–Trinajstić information content (AvgIpc) is 2.68. The van der Waals surface area contributed by atoms with Crippen LogP contribution in [0, 0.1) is 0 Å². The fourth-order valence-corrected chi connectivity index (χ4v) is 2.76. The Hall–Kier alpha value is -2.92. The van der Waals surface area contributed by atoms with E-state index in [1.165, 1.54) is 0 Å². The van der Waals surface area contributed by atoms with Crippen LogP contribution in [0.25, 0.3) is 0 Å². The smallest absolute Gasteiger partial charge is 0.272 e. The minimum absolute atomic E-state index is 0.273. The number of halogens is 1. The molecular formula is C21H17BrN2O2. The molecule has 0 aliphatic rings. The predicted molar refractivity (Wildman–Crippen MR) is 106 cm³/mol. The van der Waals surface area contributed by atoms with Gasteiger partial charge in [0.25, 0.3) is 5.91 Å². The van der Waals surface area contributed by atoms with Gasteiger partial charge in [0.1, 0.15) is 12.4 Å². The molecule has 3 rings (SSSR count). The Bertz CT molecular complexity index is 911. The second-order valence-corrected chi connectivity index (χ2v) is 6.38. The number of hydrogen-bond donors (Lipinski definition) is 1. The van der Waals surface area contributed by atoms with E-state index < -0.39 is 0 Å². The second-order valence-electron chi connectivity index (χ2n) is 5.53. The van der Waals surface area contributed by atoms with Crippen molar-refractivity contribution in [3.8, 4) is 5.75 Å². The Morgan fingerprint density at radius 3 is 2.58 bits per heavy atom. The predicted octanol–water partition coefficient (Wildman–Crippen LogP) is 4.79. The fraction of sp³-hybridized carbons (Fsp3) is 0.0476. The highest BCUT2D eigenvalue weighted by Gasteiger charge is 2.07. The maximum atomic E-state index is 12.1. The van der Waals surface area contributed by atoms with E-state index in [2.05, 4.69) is 26.5 Å². The van der Waals surface area contributed by atoms with Crippen LogP contribution in [-0.2, 0) is 6.61 Å². The fourth-order valence-electron chi connectivity index (χ4n) is 2.30. The third kappa shape index (κ3) is 5.04. The third-order valence-corrected chi connectivity index (χ3v) is 4.30. The standard InChI is InChI=1S/C21H17BrN2O2/c22-20-12-5-4-11-19(20)21(25)24-23-14-17-9-6-10-18(13-17)26-15-16-7-2-1-3-8-16/h1-14H,15H2,(H,24,25)/b23-14-. The molecule has 1 N–H and O–H groups in total. The normalized spacial score (nSPS) is 10.7. The molecule has 0 saturated carbocycles. The molecule has 0 bridgehead atoms. The van der Waals surface area contributed by atoms with Crippen LogP contribution in [0.2, 0.25) is 0 Å². The van der Waals surface area contributed by atoms with E-state index >= 15 is 0 Å². The molecule has 1 amide bonds. The largest absolute Gasteiger partial charge is 0.489 e. The summed E-state index contributed by atoms with van der Waals surface area (Å²) in [5, 5.41) is 4.02. The molecule has 0 heterocycles. The number of benzene rings is 3. The Morgan fingerprint density at radius 2 is 1.77 bits per heavy atom. The van der Waals surface area contributed by atoms with Crippen LogP contribution >= 0.6 is 15.9 Å². The average molecular weight is 409 g/mol. The Labute approximate surface area is 160 Å². The van der Waals surface area contributed by atoms with Gasteiger partial charge in [-0.3, -0.25) is 4.79 Å². The Morgan fingerprint density at radius 1 is 1.00 bits per heavy atom. The molecule has 0 aromatic heterocycles. The van der Waals surface area contributed by atoms with Crippen molar-refractivity contribution >= 4 is 28.1 Å². The van der Waals surface area contributed by atoms with E-state index in [9.17, 15) is 4.79 Å². The summed E-state index contributed by atoms with van der Waals surface area (Å²) in [6.45, 7) is 0.500. The lowest BCUT2D eigenvalue weighted by molar-refractivity contribution is 0.0954. The van der Waals surface area contributed by atoms with Gasteiger partial charge in [-0.15, -0.1) is 0 Å². The van der Waals surface area contributed by atoms with E-state index in [0.717, 1.165) is 21.3 Å². The monoisotopic (exact) mass is 408 g/mol. The molecule has 3 aromatic carbocycles. The number of rotatable bonds is 6. The lowest BCUT2D eigenvalue weighted by Crippen LogP contribution is -2.18. The van der Waals surface area contributed by atoms with Gasteiger partial charge in [-0.1, -0.05) is 54.6 Å². The molecule has 0 aliphatic carbocycles. The first-order valence-corrected chi connectivity index (χ1v) is 8.86. The van der Waals surface area contributed by atoms with Crippen molar-refractivity contribution in [1.82, 2.24) is 5.43 Å². The van der Waals surface area contributed by atoms with Crippen LogP contribution in [0.1, 0.15) is 21.5 Å². The van der Waals surface area contributed by atoms with E-state index in [-0.39, 0.29) is 5.91 Å². The molecular weight excluding hydrogens is 392 g/mol. The molecule has 0 atom stereocenters. The maximum Gasteiger partial charge on any atom is 0.272 e. The Balaban J connectivity index is 1.59. The molecule has 4 nitrogen and oxygen atoms in total. The summed E-state index contributed by atoms with van der Waals surface area (Å²) >= 11 is 3.35. The SMILES string of the molecule is O=C(N/N=C\c1cccc(OCc2ccccc2)c1)c1ccccc1Br. The number of hydrazone groups is 1. The van der Waals surface area contributed by atoms with Gasteiger partial charge in [0.05, 0.1) is 11.8 Å². The zero-order valence-electron chi connectivity index (χ0n) is 13.9. The molecule has 0 radical (unpaired) electrons. The van der Waals surface area contributed by atoms with Crippen LogP contribution in [0.3, 0.4) is 0 Å². The zero-order valence-corrected chi connectivity index (χ0v) is 15.5. The minimum Gasteiger partial charge on any atom is -0.489 e. The van der Waals surface area contributed by atoms with Crippen molar-refractivity contribution in [2.45, 2.75) is 6.61 Å². The molecule has 130 valence electrons. The maximum absolute atomic E-state index is 12.1. The van der Waals surface area contributed by atoms with Crippen molar-refractivity contribution < 1.29 is 9.53 Å². The zero-order chi connectivity index (χ0) is 18.2. The molecule has 5 heteroatoms. The Kier molecular flexibility index (Phi) is 6.17. The molecule has 0 unspecified atom stereocenters. The van der Waals surface area contributed by atoms with Crippen molar-refractivity contribution in [1.29, 1.82) is 0 Å². The van der Waals surface area contributed by atoms with Crippen LogP contribution in [0.4, 0.5) is 0 Å². The van der Waals surface area contributed by atoms with Gasteiger partial charge in [0.2, 0.25) is 0 Å². The number of amides is 1. The van der Waals surface area contributed by atoms with Gasteiger partial charge in [0.15, 0.2) is 0 Å². The van der Waals surface area contributed by atoms with Crippen LogP contribution in [0.15, 0.2) is 88.4 Å². The summed E-state index contributed by atoms with van der Waals surface area (Å²) in [6.07, 6.45) is 1.59. The molecule has 0 saturated heterocycles. The first-order valence-electron chi connectivity index (χ1n) is 8.07. The summed E-state index contributed by atoms with van der Waals surface area (Å²) in [6, 6.07) is 24.7. The topological polar surface area (TPSA) is 50.7 Å². The van der Waals surface area contributed by atoms with E-state index in [4.69, 9.17) is 4.74 Å². The van der Waals surface area contributed by atoms with Gasteiger partial charge in [-0.25, -0.2) is 5.43 Å². The van der Waals surface area contributed by atoms with Gasteiger partial charge < -0.3 is 4.74 Å². The van der Waals surface area contributed by atoms with Gasteiger partial charge >= 0.3 is 0 Å². The first kappa shape index (κ1) is 17.9. The third-order valence-electron chi connectivity index (χ3n) is 3.60. The van der Waals surface area contributed by atoms with Gasteiger partial charge in [0, 0.05) is 4.47 Å². The van der Waals surface area contributed by atoms with Gasteiger partial charge in [-0.05, 0) is 51.3 Å². The van der Waals surface area contributed by atoms with Crippen molar-refractivity contribution in [3.63, 3.8) is 0 Å². The van der Waals surface area contributed by atoms with Crippen molar-refractivity contribution in [2.75, 3.05) is 0 Å². The highest BCUT2D eigenvalue weighted by molar-refractivity contribution is 9.10. The first-order chi connectivity index (χ1) is 12.7. The summed E-state index contributed by atoms with van der Waals surface area (Å²) < 4.78 is 6.52. The molecule has 0 aliphatic heterocycles. The number of ether oxygens (including phenoxy) is 1. The number of nitrogens with one attached hydrogen (secondary N) is 1. The number of carbonyl (C=O) groups is 1. The van der Waals surface area contributed by atoms with E-state index in [1.54, 1.807) is 18.3 Å². The molecule has 26 heavy (non-hydrogen) atoms. The van der Waals surface area contributed by atoms with Crippen molar-refractivity contribution in [3.05, 3.63) is 100 Å². The summed E-state index contributed by atoms with van der Waals surface area (Å²) in [5.74, 6) is 0.472. The lowest BCUT2D eigenvalue weighted by atomic mass is 10.2. The summed E-state index contributed by atoms with van der Waals surface area (Å²) in [7, 11) is 0. The summed E-state index contributed by atoms with van der Waals surface area (Å²) in [4.78, 5) is 12.1. The number of carbonyl (C=O) groups excluding carboxylic acids is 1. The lowest BCUT2D eigenvalue weighted by Gasteiger charge is -2.07. The highest BCUT2D eigenvalue weighted by Crippen LogP contribution is 2.16. The molecule has 0 spiro atoms. The van der Waals surface area contributed by atoms with Crippen LogP contribution in [-0.4, -0.2) is 12.1 Å². The summed E-state index contributed by atoms with van der Waals surface area (Å²) in [5.41, 5.74) is 5.00.